The number of carboxylic acids is 1. The molecule has 1 unspecified atom stereocenters. The van der Waals surface area contributed by atoms with E-state index in [2.05, 4.69) is 10.2 Å². The van der Waals surface area contributed by atoms with Crippen molar-refractivity contribution in [1.82, 2.24) is 19.7 Å². The highest BCUT2D eigenvalue weighted by molar-refractivity contribution is 7.20. The van der Waals surface area contributed by atoms with Crippen LogP contribution in [0.1, 0.15) is 17.2 Å². The van der Waals surface area contributed by atoms with Crippen molar-refractivity contribution in [2.45, 2.75) is 32.6 Å². The quantitative estimate of drug-likeness (QED) is 0.923. The van der Waals surface area contributed by atoms with E-state index in [-0.39, 0.29) is 0 Å². The fraction of sp³-hybridized carbons (Fsp3) is 0.417. The molecule has 0 spiro atoms. The zero-order valence-electron chi connectivity index (χ0n) is 11.1. The second kappa shape index (κ2) is 5.57. The van der Waals surface area contributed by atoms with Crippen LogP contribution in [0.25, 0.3) is 0 Å². The third kappa shape index (κ3) is 2.78. The molecule has 0 saturated carbocycles. The Morgan fingerprint density at radius 3 is 2.90 bits per heavy atom. The van der Waals surface area contributed by atoms with Crippen molar-refractivity contribution in [2.75, 3.05) is 0 Å². The van der Waals surface area contributed by atoms with Gasteiger partial charge in [-0.3, -0.25) is 9.69 Å². The molecule has 6 nitrogen and oxygen atoms in total. The maximum Gasteiger partial charge on any atom is 0.322 e. The van der Waals surface area contributed by atoms with Gasteiger partial charge in [-0.2, -0.15) is 0 Å². The summed E-state index contributed by atoms with van der Waals surface area (Å²) in [6.45, 7) is 2.99. The van der Waals surface area contributed by atoms with Crippen LogP contribution in [0.15, 0.2) is 6.07 Å². The van der Waals surface area contributed by atoms with Crippen molar-refractivity contribution in [3.8, 4) is 0 Å². The summed E-state index contributed by atoms with van der Waals surface area (Å²) < 4.78 is 3.03. The van der Waals surface area contributed by atoms with Gasteiger partial charge in [0.1, 0.15) is 17.7 Å². The summed E-state index contributed by atoms with van der Waals surface area (Å²) in [5.41, 5.74) is 0.836. The zero-order valence-corrected chi connectivity index (χ0v) is 13.4. The van der Waals surface area contributed by atoms with Crippen molar-refractivity contribution >= 4 is 40.5 Å². The molecule has 2 aromatic heterocycles. The van der Waals surface area contributed by atoms with Crippen LogP contribution in [-0.2, 0) is 24.4 Å². The maximum atomic E-state index is 11.5. The molecule has 1 aliphatic rings. The monoisotopic (exact) mass is 346 g/mol. The summed E-state index contributed by atoms with van der Waals surface area (Å²) in [6, 6.07) is 1.14. The molecular formula is C12H12Cl2N4O2S. The lowest BCUT2D eigenvalue weighted by molar-refractivity contribution is -0.145. The van der Waals surface area contributed by atoms with Gasteiger partial charge in [0, 0.05) is 6.54 Å². The number of aliphatic carboxylic acids is 1. The van der Waals surface area contributed by atoms with Crippen molar-refractivity contribution in [1.29, 1.82) is 0 Å². The average Bonchev–Trinajstić information content (AvgIpc) is 2.92. The highest BCUT2D eigenvalue weighted by atomic mass is 35.5. The third-order valence-corrected chi connectivity index (χ3v) is 5.11. The normalized spacial score (nSPS) is 18.7. The predicted molar refractivity (Wildman–Crippen MR) is 79.8 cm³/mol. The van der Waals surface area contributed by atoms with Gasteiger partial charge in [0.2, 0.25) is 0 Å². The third-order valence-electron chi connectivity index (χ3n) is 3.54. The van der Waals surface area contributed by atoms with Gasteiger partial charge in [-0.15, -0.1) is 21.5 Å². The highest BCUT2D eigenvalue weighted by Gasteiger charge is 2.33. The van der Waals surface area contributed by atoms with E-state index in [0.717, 1.165) is 17.2 Å². The Hall–Kier alpha value is -1.15. The Balaban J connectivity index is 1.89. The van der Waals surface area contributed by atoms with Crippen LogP contribution >= 0.6 is 34.5 Å². The molecule has 21 heavy (non-hydrogen) atoms. The first kappa shape index (κ1) is 14.8. The van der Waals surface area contributed by atoms with E-state index in [9.17, 15) is 9.90 Å². The van der Waals surface area contributed by atoms with Gasteiger partial charge < -0.3 is 9.67 Å². The molecule has 1 atom stereocenters. The summed E-state index contributed by atoms with van der Waals surface area (Å²) in [4.78, 5) is 13.4. The Morgan fingerprint density at radius 1 is 1.52 bits per heavy atom. The summed E-state index contributed by atoms with van der Waals surface area (Å²) >= 11 is 13.3. The van der Waals surface area contributed by atoms with E-state index >= 15 is 0 Å². The lowest BCUT2D eigenvalue weighted by Crippen LogP contribution is -2.47. The number of hydrogen-bond acceptors (Lipinski definition) is 5. The minimum Gasteiger partial charge on any atom is -0.480 e. The summed E-state index contributed by atoms with van der Waals surface area (Å²) in [5.74, 6) is 0.626. The first-order valence-electron chi connectivity index (χ1n) is 6.25. The SMILES string of the molecule is Cc1nnc2n1CC(C(=O)O)N(Cc1cc(Cl)sc1Cl)C2. The number of aromatic nitrogens is 3. The highest BCUT2D eigenvalue weighted by Crippen LogP contribution is 2.33. The van der Waals surface area contributed by atoms with E-state index < -0.39 is 12.0 Å². The minimum atomic E-state index is -0.869. The Kier molecular flexibility index (Phi) is 3.92. The molecule has 0 bridgehead atoms. The van der Waals surface area contributed by atoms with Gasteiger partial charge in [-0.1, -0.05) is 23.2 Å². The molecule has 2 aromatic rings. The van der Waals surface area contributed by atoms with E-state index in [0.29, 0.717) is 28.3 Å². The number of aryl methyl sites for hydroxylation is 1. The smallest absolute Gasteiger partial charge is 0.322 e. The second-order valence-corrected chi connectivity index (χ2v) is 7.17. The van der Waals surface area contributed by atoms with Crippen molar-refractivity contribution in [3.63, 3.8) is 0 Å². The van der Waals surface area contributed by atoms with Gasteiger partial charge in [0.05, 0.1) is 21.8 Å². The molecule has 0 radical (unpaired) electrons. The second-order valence-electron chi connectivity index (χ2n) is 4.88. The van der Waals surface area contributed by atoms with Crippen LogP contribution in [0.3, 0.4) is 0 Å². The molecule has 1 N–H and O–H groups in total. The molecule has 9 heteroatoms. The van der Waals surface area contributed by atoms with E-state index in [1.165, 1.54) is 11.3 Å². The average molecular weight is 347 g/mol. The number of rotatable bonds is 3. The number of carbonyl (C=O) groups is 1. The predicted octanol–water partition coefficient (Wildman–Crippen LogP) is 2.42. The van der Waals surface area contributed by atoms with Crippen LogP contribution in [0.2, 0.25) is 8.67 Å². The topological polar surface area (TPSA) is 71.2 Å². The molecular weight excluding hydrogens is 335 g/mol. The van der Waals surface area contributed by atoms with Crippen LogP contribution < -0.4 is 0 Å². The summed E-state index contributed by atoms with van der Waals surface area (Å²) in [5, 5.41) is 17.6. The molecule has 3 heterocycles. The molecule has 0 fully saturated rings. The van der Waals surface area contributed by atoms with Gasteiger partial charge in [-0.25, -0.2) is 0 Å². The Labute approximate surface area is 134 Å². The molecule has 3 rings (SSSR count). The Morgan fingerprint density at radius 2 is 2.29 bits per heavy atom. The van der Waals surface area contributed by atoms with Gasteiger partial charge in [0.15, 0.2) is 0 Å². The van der Waals surface area contributed by atoms with E-state index in [1.54, 1.807) is 6.07 Å². The van der Waals surface area contributed by atoms with Crippen LogP contribution in [0.5, 0.6) is 0 Å². The van der Waals surface area contributed by atoms with Crippen molar-refractivity contribution in [3.05, 3.63) is 32.0 Å². The number of thiophene rings is 1. The molecule has 0 saturated heterocycles. The number of fused-ring (bicyclic) bond motifs is 1. The summed E-state index contributed by atoms with van der Waals surface area (Å²) in [7, 11) is 0. The Bertz CT molecular complexity index is 699. The van der Waals surface area contributed by atoms with Crippen LogP contribution in [0, 0.1) is 6.92 Å². The van der Waals surface area contributed by atoms with Gasteiger partial charge >= 0.3 is 5.97 Å². The number of carboxylic acid groups (broad SMARTS) is 1. The maximum absolute atomic E-state index is 11.5. The number of halogens is 2. The van der Waals surface area contributed by atoms with Crippen molar-refractivity contribution < 1.29 is 9.90 Å². The van der Waals surface area contributed by atoms with Crippen LogP contribution in [-0.4, -0.2) is 36.8 Å². The number of nitrogens with zero attached hydrogens (tertiary/aromatic N) is 4. The lowest BCUT2D eigenvalue weighted by Gasteiger charge is -2.33. The molecule has 1 aliphatic heterocycles. The molecule has 112 valence electrons. The fourth-order valence-corrected chi connectivity index (χ4v) is 3.93. The first-order chi connectivity index (χ1) is 9.95. The zero-order chi connectivity index (χ0) is 15.1. The molecule has 0 aliphatic carbocycles. The largest absolute Gasteiger partial charge is 0.480 e. The lowest BCUT2D eigenvalue weighted by atomic mass is 10.1. The molecule has 0 aromatic carbocycles. The van der Waals surface area contributed by atoms with Crippen LogP contribution in [0.4, 0.5) is 0 Å². The standard InChI is InChI=1S/C12H12Cl2N4O2S/c1-6-15-16-10-5-17(8(12(19)20)4-18(6)10)3-7-2-9(13)21-11(7)14/h2,8H,3-5H2,1H3,(H,19,20). The van der Waals surface area contributed by atoms with E-state index in [4.69, 9.17) is 23.2 Å². The fourth-order valence-electron chi connectivity index (χ4n) is 2.46. The van der Waals surface area contributed by atoms with Crippen molar-refractivity contribution in [2.24, 2.45) is 0 Å². The minimum absolute atomic E-state index is 0.332. The first-order valence-corrected chi connectivity index (χ1v) is 7.82. The van der Waals surface area contributed by atoms with Gasteiger partial charge in [0.25, 0.3) is 0 Å². The van der Waals surface area contributed by atoms with Gasteiger partial charge in [-0.05, 0) is 18.6 Å². The molecule has 0 amide bonds. The summed E-state index contributed by atoms with van der Waals surface area (Å²) in [6.07, 6.45) is 0. The number of hydrogen-bond donors (Lipinski definition) is 1. The van der Waals surface area contributed by atoms with E-state index in [1.807, 2.05) is 16.4 Å².